The van der Waals surface area contributed by atoms with Gasteiger partial charge in [0.15, 0.2) is 5.69 Å². The molecule has 0 bridgehead atoms. The lowest BCUT2D eigenvalue weighted by Gasteiger charge is -2.15. The van der Waals surface area contributed by atoms with Crippen molar-refractivity contribution in [3.63, 3.8) is 0 Å². The average Bonchev–Trinajstić information content (AvgIpc) is 3.21. The van der Waals surface area contributed by atoms with Crippen molar-refractivity contribution in [1.82, 2.24) is 25.3 Å². The fourth-order valence-corrected chi connectivity index (χ4v) is 2.56. The zero-order valence-electron chi connectivity index (χ0n) is 18.1. The Morgan fingerprint density at radius 1 is 1.32 bits per heavy atom. The minimum Gasteiger partial charge on any atom is -0.489 e. The number of aryl methyl sites for hydroxylation is 1. The van der Waals surface area contributed by atoms with Crippen molar-refractivity contribution in [1.29, 1.82) is 0 Å². The molecule has 0 aliphatic carbocycles. The van der Waals surface area contributed by atoms with Crippen molar-refractivity contribution in [2.45, 2.75) is 13.5 Å². The van der Waals surface area contributed by atoms with E-state index in [1.807, 2.05) is 24.5 Å². The van der Waals surface area contributed by atoms with Crippen molar-refractivity contribution >= 4 is 17.3 Å². The maximum atomic E-state index is 12.8. The van der Waals surface area contributed by atoms with Gasteiger partial charge in [-0.1, -0.05) is 6.07 Å². The van der Waals surface area contributed by atoms with Crippen molar-refractivity contribution in [3.8, 4) is 16.9 Å². The summed E-state index contributed by atoms with van der Waals surface area (Å²) in [5.74, 6) is -0.566. The molecule has 1 amide bonds. The van der Waals surface area contributed by atoms with Gasteiger partial charge in [0.1, 0.15) is 19.0 Å². The van der Waals surface area contributed by atoms with Crippen LogP contribution in [0.2, 0.25) is 0 Å². The zero-order chi connectivity index (χ0) is 22.4. The number of anilines is 2. The van der Waals surface area contributed by atoms with Crippen LogP contribution in [0, 0.1) is 0 Å². The third kappa shape index (κ3) is 4.25. The van der Waals surface area contributed by atoms with Crippen molar-refractivity contribution < 1.29 is 18.0 Å². The summed E-state index contributed by atoms with van der Waals surface area (Å²) in [6.45, 7) is -0.817. The topological polar surface area (TPSA) is 94.0 Å². The Balaban J connectivity index is 1.93. The van der Waals surface area contributed by atoms with E-state index in [2.05, 4.69) is 20.6 Å². The summed E-state index contributed by atoms with van der Waals surface area (Å²) >= 11 is 0. The van der Waals surface area contributed by atoms with Gasteiger partial charge in [0.2, 0.25) is 0 Å². The lowest BCUT2D eigenvalue weighted by Crippen LogP contribution is -2.21. The fourth-order valence-electron chi connectivity index (χ4n) is 2.56. The summed E-state index contributed by atoms with van der Waals surface area (Å²) < 4.78 is 41.7. The number of benzene rings is 1. The second-order valence-corrected chi connectivity index (χ2v) is 5.71. The first-order valence-corrected chi connectivity index (χ1v) is 8.57. The molecular weight excluding hydrogens is 363 g/mol. The second kappa shape index (κ2) is 8.94. The quantitative estimate of drug-likeness (QED) is 0.617. The van der Waals surface area contributed by atoms with E-state index in [1.54, 1.807) is 23.0 Å². The largest absolute Gasteiger partial charge is 0.489 e. The number of nitrogens with one attached hydrogen (secondary N) is 2. The maximum absolute atomic E-state index is 12.8. The van der Waals surface area contributed by atoms with Crippen LogP contribution in [0.3, 0.4) is 0 Å². The number of alkyl halides is 1. The number of amides is 1. The monoisotopic (exact) mass is 387 g/mol. The Morgan fingerprint density at radius 2 is 2.21 bits per heavy atom. The van der Waals surface area contributed by atoms with Gasteiger partial charge < -0.3 is 15.4 Å². The first-order valence-electron chi connectivity index (χ1n) is 10.1. The van der Waals surface area contributed by atoms with Gasteiger partial charge in [-0.3, -0.25) is 9.48 Å². The molecule has 9 heteroatoms. The van der Waals surface area contributed by atoms with Crippen molar-refractivity contribution in [2.24, 2.45) is 0 Å². The molecule has 1 aromatic carbocycles. The number of hydrogen-bond donors (Lipinski definition) is 2. The number of hydrogen-bond acceptors (Lipinski definition) is 6. The number of halogens is 1. The maximum Gasteiger partial charge on any atom is 0.273 e. The standard InChI is InChI=1S/C19H21FN6O2/c1-3-26-12-14(11-23-26)13-4-5-15(17(10-13)28-9-7-20)24-16-6-8-22-25-18(16)19(27)21-2/h4-6,8,10-12H,3,7,9H2,1-2H3,(H,21,27)(H,22,24)/i2D3. The molecule has 2 heterocycles. The highest BCUT2D eigenvalue weighted by molar-refractivity contribution is 5.98. The highest BCUT2D eigenvalue weighted by Crippen LogP contribution is 2.33. The second-order valence-electron chi connectivity index (χ2n) is 5.71. The molecule has 0 atom stereocenters. The summed E-state index contributed by atoms with van der Waals surface area (Å²) in [4.78, 5) is 12.3. The van der Waals surface area contributed by atoms with E-state index < -0.39 is 19.6 Å². The molecule has 146 valence electrons. The molecule has 0 aliphatic rings. The predicted molar refractivity (Wildman–Crippen MR) is 104 cm³/mol. The molecule has 0 radical (unpaired) electrons. The number of carbonyl (C=O) groups excluding carboxylic acids is 1. The minimum absolute atomic E-state index is 0.159. The van der Waals surface area contributed by atoms with Gasteiger partial charge in [-0.25, -0.2) is 4.39 Å². The molecule has 2 aromatic heterocycles. The Morgan fingerprint density at radius 3 is 2.96 bits per heavy atom. The van der Waals surface area contributed by atoms with E-state index in [-0.39, 0.29) is 18.0 Å². The SMILES string of the molecule is [2H]C([2H])([2H])NC(=O)c1nnccc1Nc1ccc(-c2cnn(CC)c2)cc1OCCF. The molecule has 3 aromatic rings. The van der Waals surface area contributed by atoms with Crippen LogP contribution in [0.1, 0.15) is 21.5 Å². The van der Waals surface area contributed by atoms with Crippen LogP contribution in [-0.2, 0) is 6.54 Å². The Kier molecular flexibility index (Phi) is 4.97. The molecule has 0 saturated heterocycles. The van der Waals surface area contributed by atoms with Crippen LogP contribution in [0.15, 0.2) is 42.9 Å². The Hall–Kier alpha value is -3.49. The van der Waals surface area contributed by atoms with E-state index >= 15 is 0 Å². The first kappa shape index (κ1) is 15.6. The van der Waals surface area contributed by atoms with Gasteiger partial charge in [-0.05, 0) is 30.7 Å². The van der Waals surface area contributed by atoms with Crippen LogP contribution in [0.25, 0.3) is 11.1 Å². The molecule has 28 heavy (non-hydrogen) atoms. The summed E-state index contributed by atoms with van der Waals surface area (Å²) in [6, 6.07) is 6.72. The van der Waals surface area contributed by atoms with E-state index in [9.17, 15) is 9.18 Å². The lowest BCUT2D eigenvalue weighted by molar-refractivity contribution is 0.0958. The molecular formula is C19H21FN6O2. The molecule has 3 rings (SSSR count). The smallest absolute Gasteiger partial charge is 0.273 e. The highest BCUT2D eigenvalue weighted by atomic mass is 19.1. The average molecular weight is 387 g/mol. The van der Waals surface area contributed by atoms with Crippen LogP contribution >= 0.6 is 0 Å². The normalized spacial score (nSPS) is 12.6. The summed E-state index contributed by atoms with van der Waals surface area (Å²) in [7, 11) is 0. The van der Waals surface area contributed by atoms with Gasteiger partial charge in [0.05, 0.1) is 23.8 Å². The predicted octanol–water partition coefficient (Wildman–Crippen LogP) is 2.81. The number of nitrogens with zero attached hydrogens (tertiary/aromatic N) is 4. The summed E-state index contributed by atoms with van der Waals surface area (Å²) in [5.41, 5.74) is 2.13. The number of aromatic nitrogens is 4. The summed E-state index contributed by atoms with van der Waals surface area (Å²) in [5, 5.41) is 16.5. The fraction of sp³-hybridized carbons (Fsp3) is 0.263. The van der Waals surface area contributed by atoms with Gasteiger partial charge in [-0.15, -0.1) is 5.10 Å². The van der Waals surface area contributed by atoms with Crippen LogP contribution in [-0.4, -0.2) is 46.1 Å². The molecule has 0 spiro atoms. The van der Waals surface area contributed by atoms with Gasteiger partial charge in [-0.2, -0.15) is 10.2 Å². The Labute approximate surface area is 166 Å². The molecule has 0 unspecified atom stereocenters. The Bertz CT molecular complexity index is 1060. The molecule has 8 nitrogen and oxygen atoms in total. The number of rotatable bonds is 8. The zero-order valence-corrected chi connectivity index (χ0v) is 15.1. The third-order valence-electron chi connectivity index (χ3n) is 3.93. The van der Waals surface area contributed by atoms with Crippen molar-refractivity contribution in [2.75, 3.05) is 25.6 Å². The van der Waals surface area contributed by atoms with Gasteiger partial charge in [0, 0.05) is 29.4 Å². The molecule has 0 saturated carbocycles. The third-order valence-corrected chi connectivity index (χ3v) is 3.93. The van der Waals surface area contributed by atoms with Crippen LogP contribution in [0.4, 0.5) is 15.8 Å². The lowest BCUT2D eigenvalue weighted by atomic mass is 10.1. The van der Waals surface area contributed by atoms with E-state index in [1.165, 1.54) is 12.3 Å². The van der Waals surface area contributed by atoms with E-state index in [4.69, 9.17) is 8.85 Å². The molecule has 0 fully saturated rings. The number of ether oxygens (including phenoxy) is 1. The van der Waals surface area contributed by atoms with Crippen LogP contribution < -0.4 is 15.4 Å². The first-order chi connectivity index (χ1) is 14.8. The highest BCUT2D eigenvalue weighted by Gasteiger charge is 2.15. The number of carbonyl (C=O) groups is 1. The minimum atomic E-state index is -2.67. The molecule has 0 aliphatic heterocycles. The van der Waals surface area contributed by atoms with Gasteiger partial charge >= 0.3 is 0 Å². The molecule has 2 N–H and O–H groups in total. The summed E-state index contributed by atoms with van der Waals surface area (Å²) in [6.07, 6.45) is 4.95. The van der Waals surface area contributed by atoms with Crippen molar-refractivity contribution in [3.05, 3.63) is 48.5 Å². The van der Waals surface area contributed by atoms with E-state index in [0.717, 1.165) is 17.7 Å². The van der Waals surface area contributed by atoms with Crippen LogP contribution in [0.5, 0.6) is 5.75 Å². The van der Waals surface area contributed by atoms with E-state index in [0.29, 0.717) is 11.4 Å². The van der Waals surface area contributed by atoms with Gasteiger partial charge in [0.25, 0.3) is 5.91 Å².